The van der Waals surface area contributed by atoms with E-state index in [1.807, 2.05) is 0 Å². The van der Waals surface area contributed by atoms with Gasteiger partial charge in [0.1, 0.15) is 5.15 Å². The maximum absolute atomic E-state index is 12.4. The summed E-state index contributed by atoms with van der Waals surface area (Å²) in [7, 11) is 0. The third kappa shape index (κ3) is 3.44. The third-order valence-corrected chi connectivity index (χ3v) is 6.32. The van der Waals surface area contributed by atoms with Gasteiger partial charge in [0.05, 0.1) is 20.8 Å². The molecule has 1 N–H and O–H groups in total. The Balaban J connectivity index is 1.86. The minimum Gasteiger partial charge on any atom is -0.296 e. The van der Waals surface area contributed by atoms with Crippen LogP contribution in [0.25, 0.3) is 0 Å². The van der Waals surface area contributed by atoms with Crippen molar-refractivity contribution in [2.45, 2.75) is 26.2 Å². The first-order valence-electron chi connectivity index (χ1n) is 6.86. The predicted molar refractivity (Wildman–Crippen MR) is 95.5 cm³/mol. The molecule has 0 aromatic carbocycles. The Bertz CT molecular complexity index is 793. The normalized spacial score (nSPS) is 17.0. The summed E-state index contributed by atoms with van der Waals surface area (Å²) in [6.45, 7) is 2.21. The second-order valence-electron chi connectivity index (χ2n) is 5.38. The minimum absolute atomic E-state index is 0.00532. The molecule has 2 heterocycles. The smallest absolute Gasteiger partial charge is 0.277 e. The summed E-state index contributed by atoms with van der Waals surface area (Å²) in [6.07, 6.45) is 3.03. The number of hydrogen-bond donors (Lipinski definition) is 1. The summed E-state index contributed by atoms with van der Waals surface area (Å²) in [4.78, 5) is 22.0. The molecule has 1 amide bonds. The second-order valence-corrected chi connectivity index (χ2v) is 7.96. The predicted octanol–water partition coefficient (Wildman–Crippen LogP) is 5.53. The highest BCUT2D eigenvalue weighted by atomic mass is 35.5. The fraction of sp³-hybridized carbons (Fsp3) is 0.357. The fourth-order valence-corrected chi connectivity index (χ4v) is 4.37. The number of hydrogen-bond acceptors (Lipinski definition) is 4. The summed E-state index contributed by atoms with van der Waals surface area (Å²) in [5, 5.41) is 3.15. The lowest BCUT2D eigenvalue weighted by Crippen LogP contribution is -2.15. The first-order chi connectivity index (χ1) is 10.9. The van der Waals surface area contributed by atoms with Crippen molar-refractivity contribution < 1.29 is 4.79 Å². The molecule has 0 saturated heterocycles. The minimum atomic E-state index is -0.519. The number of amides is 1. The molecule has 1 unspecified atom stereocenters. The topological polar surface area (TPSA) is 54.9 Å². The highest BCUT2D eigenvalue weighted by Crippen LogP contribution is 2.37. The van der Waals surface area contributed by atoms with Crippen LogP contribution in [-0.4, -0.2) is 15.9 Å². The molecule has 0 radical (unpaired) electrons. The molecule has 0 bridgehead atoms. The van der Waals surface area contributed by atoms with Crippen LogP contribution in [0.1, 0.15) is 34.4 Å². The zero-order chi connectivity index (χ0) is 16.7. The van der Waals surface area contributed by atoms with Gasteiger partial charge in [0, 0.05) is 4.88 Å². The molecular formula is C14H11Cl4N3OS. The van der Waals surface area contributed by atoms with Crippen LogP contribution in [0, 0.1) is 5.92 Å². The van der Waals surface area contributed by atoms with Crippen LogP contribution in [0.3, 0.4) is 0 Å². The van der Waals surface area contributed by atoms with E-state index >= 15 is 0 Å². The maximum Gasteiger partial charge on any atom is 0.277 e. The van der Waals surface area contributed by atoms with Crippen molar-refractivity contribution >= 4 is 68.8 Å². The maximum atomic E-state index is 12.4. The van der Waals surface area contributed by atoms with Crippen molar-refractivity contribution in [2.24, 2.45) is 5.92 Å². The summed E-state index contributed by atoms with van der Waals surface area (Å²) < 4.78 is 0. The van der Waals surface area contributed by atoms with Gasteiger partial charge in [-0.1, -0.05) is 53.3 Å². The molecule has 9 heteroatoms. The van der Waals surface area contributed by atoms with E-state index < -0.39 is 5.91 Å². The molecule has 2 aromatic heterocycles. The van der Waals surface area contributed by atoms with Crippen LogP contribution >= 0.6 is 57.7 Å². The number of fused-ring (bicyclic) bond motifs is 1. The van der Waals surface area contributed by atoms with Crippen LogP contribution in [0.4, 0.5) is 5.13 Å². The first kappa shape index (κ1) is 17.2. The van der Waals surface area contributed by atoms with Gasteiger partial charge in [0.2, 0.25) is 0 Å². The Hall–Kier alpha value is -0.590. The molecule has 3 rings (SSSR count). The quantitative estimate of drug-likeness (QED) is 0.662. The molecule has 0 fully saturated rings. The van der Waals surface area contributed by atoms with E-state index in [4.69, 9.17) is 46.4 Å². The standard InChI is InChI=1S/C14H11Cl4N3OS/c1-5-2-3-6-7(4-5)23-14(19-6)21-13(22)11-9(16)8(15)10(17)12(18)20-11/h5H,2-4H2,1H3,(H,19,21,22). The van der Waals surface area contributed by atoms with E-state index in [9.17, 15) is 4.79 Å². The molecule has 23 heavy (non-hydrogen) atoms. The molecule has 1 aliphatic carbocycles. The number of nitrogens with one attached hydrogen (secondary N) is 1. The van der Waals surface area contributed by atoms with Crippen LogP contribution < -0.4 is 5.32 Å². The zero-order valence-corrected chi connectivity index (χ0v) is 15.8. The van der Waals surface area contributed by atoms with E-state index in [1.165, 1.54) is 16.2 Å². The van der Waals surface area contributed by atoms with Crippen LogP contribution in [-0.2, 0) is 12.8 Å². The Labute approximate surface area is 157 Å². The Morgan fingerprint density at radius 2 is 1.91 bits per heavy atom. The monoisotopic (exact) mass is 409 g/mol. The second kappa shape index (κ2) is 6.73. The number of thiazole rings is 1. The third-order valence-electron chi connectivity index (χ3n) is 3.61. The van der Waals surface area contributed by atoms with Gasteiger partial charge in [-0.15, -0.1) is 11.3 Å². The van der Waals surface area contributed by atoms with Crippen LogP contribution in [0.15, 0.2) is 0 Å². The Morgan fingerprint density at radius 1 is 1.17 bits per heavy atom. The summed E-state index contributed by atoms with van der Waals surface area (Å²) in [5.74, 6) is 0.117. The highest BCUT2D eigenvalue weighted by Gasteiger charge is 2.23. The lowest BCUT2D eigenvalue weighted by molar-refractivity contribution is 0.102. The molecule has 2 aromatic rings. The van der Waals surface area contributed by atoms with Crippen molar-refractivity contribution in [3.63, 3.8) is 0 Å². The van der Waals surface area contributed by atoms with Gasteiger partial charge in [0.15, 0.2) is 10.8 Å². The Morgan fingerprint density at radius 3 is 2.65 bits per heavy atom. The number of nitrogens with zero attached hydrogens (tertiary/aromatic N) is 2. The van der Waals surface area contributed by atoms with Crippen molar-refractivity contribution in [1.82, 2.24) is 9.97 Å². The lowest BCUT2D eigenvalue weighted by Gasteiger charge is -2.15. The molecule has 4 nitrogen and oxygen atoms in total. The van der Waals surface area contributed by atoms with E-state index in [-0.39, 0.29) is 25.9 Å². The first-order valence-corrected chi connectivity index (χ1v) is 9.19. The van der Waals surface area contributed by atoms with Gasteiger partial charge in [-0.2, -0.15) is 0 Å². The zero-order valence-electron chi connectivity index (χ0n) is 11.9. The SMILES string of the molecule is CC1CCc2nc(NC(=O)c3nc(Cl)c(Cl)c(Cl)c3Cl)sc2C1. The summed E-state index contributed by atoms with van der Waals surface area (Å²) >= 11 is 25.2. The van der Waals surface area contributed by atoms with Gasteiger partial charge >= 0.3 is 0 Å². The fourth-order valence-electron chi connectivity index (χ4n) is 2.39. The number of aromatic nitrogens is 2. The molecule has 0 aliphatic heterocycles. The summed E-state index contributed by atoms with van der Waals surface area (Å²) in [5.41, 5.74) is 0.974. The number of anilines is 1. The van der Waals surface area contributed by atoms with E-state index in [2.05, 4.69) is 22.2 Å². The number of aryl methyl sites for hydroxylation is 1. The molecule has 122 valence electrons. The average molecular weight is 411 g/mol. The largest absolute Gasteiger partial charge is 0.296 e. The number of carbonyl (C=O) groups excluding carboxylic acids is 1. The number of carbonyl (C=O) groups is 1. The van der Waals surface area contributed by atoms with E-state index in [0.717, 1.165) is 25.0 Å². The molecular weight excluding hydrogens is 400 g/mol. The number of halogens is 4. The van der Waals surface area contributed by atoms with Crippen LogP contribution in [0.5, 0.6) is 0 Å². The molecule has 0 saturated carbocycles. The lowest BCUT2D eigenvalue weighted by atomic mass is 9.93. The van der Waals surface area contributed by atoms with Crippen LogP contribution in [0.2, 0.25) is 20.2 Å². The van der Waals surface area contributed by atoms with Gasteiger partial charge in [-0.25, -0.2) is 9.97 Å². The van der Waals surface area contributed by atoms with Gasteiger partial charge < -0.3 is 0 Å². The van der Waals surface area contributed by atoms with Gasteiger partial charge in [0.25, 0.3) is 5.91 Å². The summed E-state index contributed by atoms with van der Waals surface area (Å²) in [6, 6.07) is 0. The van der Waals surface area contributed by atoms with Crippen molar-refractivity contribution in [1.29, 1.82) is 0 Å². The van der Waals surface area contributed by atoms with E-state index in [1.54, 1.807) is 0 Å². The van der Waals surface area contributed by atoms with E-state index in [0.29, 0.717) is 11.0 Å². The van der Waals surface area contributed by atoms with Crippen molar-refractivity contribution in [3.8, 4) is 0 Å². The average Bonchev–Trinajstić information content (AvgIpc) is 2.89. The number of rotatable bonds is 2. The van der Waals surface area contributed by atoms with Gasteiger partial charge in [-0.3, -0.25) is 10.1 Å². The van der Waals surface area contributed by atoms with Gasteiger partial charge in [-0.05, 0) is 25.2 Å². The number of pyridine rings is 1. The van der Waals surface area contributed by atoms with Crippen molar-refractivity contribution in [3.05, 3.63) is 36.5 Å². The Kier molecular flexibility index (Phi) is 5.04. The molecule has 1 atom stereocenters. The molecule has 0 spiro atoms. The molecule has 1 aliphatic rings. The van der Waals surface area contributed by atoms with Crippen molar-refractivity contribution in [2.75, 3.05) is 5.32 Å². The highest BCUT2D eigenvalue weighted by molar-refractivity contribution is 7.15.